The smallest absolute Gasteiger partial charge is 0.246 e. The molecule has 1 aliphatic carbocycles. The third-order valence-corrected chi connectivity index (χ3v) is 5.51. The molecular weight excluding hydrogens is 348 g/mol. The van der Waals surface area contributed by atoms with Gasteiger partial charge in [-0.2, -0.15) is 0 Å². The molecule has 136 valence electrons. The standard InChI is InChI=1S/C21H23ClN2O2/c1-15-13-19(15)20-7-5-18(26-20)6-8-21(25)24-11-9-23(10-12-24)17-4-2-3-16(22)14-17/h2-8,14-15,19H,9-13H2,1H3/b8-6+. The molecule has 0 bridgehead atoms. The molecule has 26 heavy (non-hydrogen) atoms. The fourth-order valence-electron chi connectivity index (χ4n) is 3.49. The van der Waals surface area contributed by atoms with Gasteiger partial charge in [0.2, 0.25) is 5.91 Å². The molecular formula is C21H23ClN2O2. The van der Waals surface area contributed by atoms with Gasteiger partial charge in [0.1, 0.15) is 11.5 Å². The molecule has 4 rings (SSSR count). The molecule has 0 radical (unpaired) electrons. The lowest BCUT2D eigenvalue weighted by molar-refractivity contribution is -0.126. The van der Waals surface area contributed by atoms with E-state index in [-0.39, 0.29) is 5.91 Å². The molecule has 1 amide bonds. The van der Waals surface area contributed by atoms with Gasteiger partial charge in [0.05, 0.1) is 0 Å². The van der Waals surface area contributed by atoms with Crippen LogP contribution in [0.4, 0.5) is 5.69 Å². The third kappa shape index (κ3) is 3.80. The van der Waals surface area contributed by atoms with Crippen LogP contribution in [0.15, 0.2) is 46.9 Å². The molecule has 4 nitrogen and oxygen atoms in total. The minimum Gasteiger partial charge on any atom is -0.461 e. The summed E-state index contributed by atoms with van der Waals surface area (Å²) < 4.78 is 5.82. The van der Waals surface area contributed by atoms with Crippen molar-refractivity contribution in [2.24, 2.45) is 5.92 Å². The van der Waals surface area contributed by atoms with Crippen LogP contribution in [0, 0.1) is 5.92 Å². The summed E-state index contributed by atoms with van der Waals surface area (Å²) in [5.41, 5.74) is 1.11. The second-order valence-corrected chi connectivity index (χ2v) is 7.62. The van der Waals surface area contributed by atoms with Gasteiger partial charge in [-0.3, -0.25) is 4.79 Å². The number of amides is 1. The summed E-state index contributed by atoms with van der Waals surface area (Å²) >= 11 is 6.07. The summed E-state index contributed by atoms with van der Waals surface area (Å²) in [5, 5.41) is 0.738. The number of piperazine rings is 1. The van der Waals surface area contributed by atoms with Crippen molar-refractivity contribution in [1.82, 2.24) is 4.90 Å². The van der Waals surface area contributed by atoms with Gasteiger partial charge in [-0.05, 0) is 48.7 Å². The minimum absolute atomic E-state index is 0.0356. The highest BCUT2D eigenvalue weighted by Crippen LogP contribution is 2.47. The lowest BCUT2D eigenvalue weighted by atomic mass is 10.2. The van der Waals surface area contributed by atoms with Gasteiger partial charge >= 0.3 is 0 Å². The number of carbonyl (C=O) groups excluding carboxylic acids is 1. The molecule has 0 N–H and O–H groups in total. The van der Waals surface area contributed by atoms with Gasteiger partial charge in [-0.1, -0.05) is 24.6 Å². The lowest BCUT2D eigenvalue weighted by Crippen LogP contribution is -2.48. The maximum Gasteiger partial charge on any atom is 0.246 e. The number of halogens is 1. The molecule has 1 aliphatic heterocycles. The summed E-state index contributed by atoms with van der Waals surface area (Å²) in [7, 11) is 0. The topological polar surface area (TPSA) is 36.7 Å². The number of anilines is 1. The Morgan fingerprint density at radius 2 is 1.96 bits per heavy atom. The maximum atomic E-state index is 12.4. The highest BCUT2D eigenvalue weighted by Gasteiger charge is 2.36. The second kappa shape index (κ2) is 7.20. The Kier molecular flexibility index (Phi) is 4.77. The predicted octanol–water partition coefficient (Wildman–Crippen LogP) is 4.42. The number of benzene rings is 1. The monoisotopic (exact) mass is 370 g/mol. The van der Waals surface area contributed by atoms with Crippen LogP contribution >= 0.6 is 11.6 Å². The minimum atomic E-state index is 0.0356. The Hall–Kier alpha value is -2.20. The maximum absolute atomic E-state index is 12.4. The highest BCUT2D eigenvalue weighted by atomic mass is 35.5. The second-order valence-electron chi connectivity index (χ2n) is 7.19. The van der Waals surface area contributed by atoms with Crippen molar-refractivity contribution in [2.45, 2.75) is 19.3 Å². The van der Waals surface area contributed by atoms with Crippen LogP contribution in [-0.2, 0) is 4.79 Å². The van der Waals surface area contributed by atoms with Gasteiger partial charge < -0.3 is 14.2 Å². The first-order valence-corrected chi connectivity index (χ1v) is 9.55. The van der Waals surface area contributed by atoms with E-state index in [1.54, 1.807) is 12.2 Å². The molecule has 2 unspecified atom stereocenters. The molecule has 2 aliphatic rings. The highest BCUT2D eigenvalue weighted by molar-refractivity contribution is 6.30. The normalized spacial score (nSPS) is 22.8. The molecule has 2 fully saturated rings. The number of furan rings is 1. The fourth-order valence-corrected chi connectivity index (χ4v) is 3.68. The molecule has 0 spiro atoms. The Balaban J connectivity index is 1.31. The summed E-state index contributed by atoms with van der Waals surface area (Å²) in [6.45, 7) is 5.27. The van der Waals surface area contributed by atoms with E-state index in [4.69, 9.17) is 16.0 Å². The number of carbonyl (C=O) groups is 1. The number of hydrogen-bond donors (Lipinski definition) is 0. The van der Waals surface area contributed by atoms with Gasteiger partial charge in [0, 0.05) is 48.9 Å². The van der Waals surface area contributed by atoms with Crippen molar-refractivity contribution in [1.29, 1.82) is 0 Å². The van der Waals surface area contributed by atoms with Crippen molar-refractivity contribution >= 4 is 29.3 Å². The quantitative estimate of drug-likeness (QED) is 0.747. The zero-order valence-corrected chi connectivity index (χ0v) is 15.7. The Labute approximate surface area is 159 Å². The molecule has 1 saturated carbocycles. The number of rotatable bonds is 4. The van der Waals surface area contributed by atoms with Crippen molar-refractivity contribution in [3.05, 3.63) is 59.0 Å². The summed E-state index contributed by atoms with van der Waals surface area (Å²) in [6, 6.07) is 11.8. The average Bonchev–Trinajstić information content (AvgIpc) is 3.20. The summed E-state index contributed by atoms with van der Waals surface area (Å²) in [6.07, 6.45) is 4.60. The van der Waals surface area contributed by atoms with Crippen LogP contribution in [0.3, 0.4) is 0 Å². The first-order chi connectivity index (χ1) is 12.6. The van der Waals surface area contributed by atoms with E-state index in [9.17, 15) is 4.79 Å². The molecule has 5 heteroatoms. The van der Waals surface area contributed by atoms with Gasteiger partial charge in [0.15, 0.2) is 0 Å². The van der Waals surface area contributed by atoms with E-state index in [1.807, 2.05) is 35.2 Å². The number of hydrogen-bond acceptors (Lipinski definition) is 3. The Morgan fingerprint density at radius 1 is 1.19 bits per heavy atom. The van der Waals surface area contributed by atoms with Crippen LogP contribution in [0.5, 0.6) is 0 Å². The van der Waals surface area contributed by atoms with Crippen LogP contribution in [-0.4, -0.2) is 37.0 Å². The van der Waals surface area contributed by atoms with Crippen molar-refractivity contribution in [2.75, 3.05) is 31.1 Å². The van der Waals surface area contributed by atoms with E-state index in [0.29, 0.717) is 19.0 Å². The van der Waals surface area contributed by atoms with Crippen LogP contribution in [0.2, 0.25) is 5.02 Å². The average molecular weight is 371 g/mol. The van der Waals surface area contributed by atoms with Gasteiger partial charge in [-0.15, -0.1) is 0 Å². The SMILES string of the molecule is CC1CC1c1ccc(/C=C/C(=O)N2CCN(c3cccc(Cl)c3)CC2)o1. The zero-order valence-electron chi connectivity index (χ0n) is 14.9. The van der Waals surface area contributed by atoms with Gasteiger partial charge in [0.25, 0.3) is 0 Å². The molecule has 2 heterocycles. The summed E-state index contributed by atoms with van der Waals surface area (Å²) in [4.78, 5) is 16.6. The molecule has 2 aromatic rings. The first-order valence-electron chi connectivity index (χ1n) is 9.17. The van der Waals surface area contributed by atoms with Crippen LogP contribution in [0.1, 0.15) is 30.8 Å². The van der Waals surface area contributed by atoms with Crippen LogP contribution in [0.25, 0.3) is 6.08 Å². The number of nitrogens with zero attached hydrogens (tertiary/aromatic N) is 2. The lowest BCUT2D eigenvalue weighted by Gasteiger charge is -2.35. The first kappa shape index (κ1) is 17.2. The van der Waals surface area contributed by atoms with E-state index >= 15 is 0 Å². The van der Waals surface area contributed by atoms with Gasteiger partial charge in [-0.25, -0.2) is 0 Å². The largest absolute Gasteiger partial charge is 0.461 e. The fraction of sp³-hybridized carbons (Fsp3) is 0.381. The molecule has 2 atom stereocenters. The Morgan fingerprint density at radius 3 is 2.65 bits per heavy atom. The summed E-state index contributed by atoms with van der Waals surface area (Å²) in [5.74, 6) is 3.11. The van der Waals surface area contributed by atoms with Crippen molar-refractivity contribution in [3.8, 4) is 0 Å². The van der Waals surface area contributed by atoms with Crippen LogP contribution < -0.4 is 4.90 Å². The molecule has 1 aromatic carbocycles. The van der Waals surface area contributed by atoms with Crippen molar-refractivity contribution in [3.63, 3.8) is 0 Å². The van der Waals surface area contributed by atoms with E-state index in [2.05, 4.69) is 17.9 Å². The predicted molar refractivity (Wildman–Crippen MR) is 105 cm³/mol. The zero-order chi connectivity index (χ0) is 18.1. The molecule has 1 aromatic heterocycles. The van der Waals surface area contributed by atoms with Crippen molar-refractivity contribution < 1.29 is 9.21 Å². The molecule has 1 saturated heterocycles. The Bertz CT molecular complexity index is 821. The van der Waals surface area contributed by atoms with E-state index in [0.717, 1.165) is 41.2 Å². The third-order valence-electron chi connectivity index (χ3n) is 5.28. The van der Waals surface area contributed by atoms with E-state index in [1.165, 1.54) is 6.42 Å². The van der Waals surface area contributed by atoms with E-state index < -0.39 is 0 Å².